The maximum atomic E-state index is 12.8. The zero-order chi connectivity index (χ0) is 18.7. The number of aryl methyl sites for hydroxylation is 2. The van der Waals surface area contributed by atoms with E-state index in [1.54, 1.807) is 24.3 Å². The lowest BCUT2D eigenvalue weighted by molar-refractivity contribution is 0.0730. The quantitative estimate of drug-likeness (QED) is 0.892. The molecule has 6 nitrogen and oxygen atoms in total. The number of hydrogen-bond acceptors (Lipinski definition) is 4. The third-order valence-electron chi connectivity index (χ3n) is 4.38. The molecule has 0 bridgehead atoms. The van der Waals surface area contributed by atoms with E-state index >= 15 is 0 Å². The van der Waals surface area contributed by atoms with E-state index in [1.807, 2.05) is 26.0 Å². The third kappa shape index (κ3) is 3.95. The monoisotopic (exact) mass is 374 g/mol. The molecule has 1 aliphatic heterocycles. The molecule has 7 heteroatoms. The summed E-state index contributed by atoms with van der Waals surface area (Å²) in [5, 5.41) is 2.81. The molecule has 0 radical (unpaired) electrons. The number of benzene rings is 2. The van der Waals surface area contributed by atoms with Crippen molar-refractivity contribution in [1.29, 1.82) is 0 Å². The summed E-state index contributed by atoms with van der Waals surface area (Å²) >= 11 is 0. The molecule has 0 aliphatic carbocycles. The molecule has 0 spiro atoms. The number of hydrogen-bond donors (Lipinski definition) is 1. The molecule has 26 heavy (non-hydrogen) atoms. The van der Waals surface area contributed by atoms with Gasteiger partial charge in [0, 0.05) is 24.3 Å². The van der Waals surface area contributed by atoms with E-state index in [0.717, 1.165) is 11.1 Å². The minimum absolute atomic E-state index is 0.171. The number of anilines is 1. The van der Waals surface area contributed by atoms with Crippen molar-refractivity contribution in [2.24, 2.45) is 0 Å². The van der Waals surface area contributed by atoms with Gasteiger partial charge in [-0.3, -0.25) is 4.79 Å². The molecule has 1 saturated heterocycles. The van der Waals surface area contributed by atoms with Crippen molar-refractivity contribution in [1.82, 2.24) is 4.31 Å². The fourth-order valence-electron chi connectivity index (χ4n) is 2.73. The largest absolute Gasteiger partial charge is 0.379 e. The Labute approximate surface area is 153 Å². The van der Waals surface area contributed by atoms with Gasteiger partial charge in [0.2, 0.25) is 10.0 Å². The highest BCUT2D eigenvalue weighted by molar-refractivity contribution is 7.89. The van der Waals surface area contributed by atoms with Crippen LogP contribution in [0.4, 0.5) is 5.69 Å². The Hall–Kier alpha value is -2.22. The molecule has 3 rings (SSSR count). The standard InChI is InChI=1S/C19H22N2O4S/c1-14-3-6-16(7-4-14)19(22)20-18-13-17(8-5-15(18)2)26(23,24)21-9-11-25-12-10-21/h3-8,13H,9-12H2,1-2H3,(H,20,22). The molecule has 1 fully saturated rings. The molecule has 2 aromatic carbocycles. The SMILES string of the molecule is Cc1ccc(C(=O)Nc2cc(S(=O)(=O)N3CCOCC3)ccc2C)cc1. The highest BCUT2D eigenvalue weighted by Gasteiger charge is 2.26. The normalized spacial score (nSPS) is 15.6. The van der Waals surface area contributed by atoms with Gasteiger partial charge in [0.25, 0.3) is 5.91 Å². The van der Waals surface area contributed by atoms with Crippen LogP contribution in [-0.2, 0) is 14.8 Å². The Morgan fingerprint density at radius 3 is 2.35 bits per heavy atom. The molecule has 1 aliphatic rings. The smallest absolute Gasteiger partial charge is 0.255 e. The van der Waals surface area contributed by atoms with E-state index in [-0.39, 0.29) is 10.8 Å². The van der Waals surface area contributed by atoms with Crippen molar-refractivity contribution >= 4 is 21.6 Å². The second kappa shape index (κ2) is 7.57. The maximum absolute atomic E-state index is 12.8. The number of nitrogens with one attached hydrogen (secondary N) is 1. The van der Waals surface area contributed by atoms with Gasteiger partial charge in [-0.05, 0) is 43.7 Å². The molecule has 0 atom stereocenters. The second-order valence-corrected chi connectivity index (χ2v) is 8.25. The Kier molecular flexibility index (Phi) is 5.41. The van der Waals surface area contributed by atoms with Crippen LogP contribution in [0.15, 0.2) is 47.4 Å². The van der Waals surface area contributed by atoms with Crippen LogP contribution in [0, 0.1) is 13.8 Å². The highest BCUT2D eigenvalue weighted by atomic mass is 32.2. The van der Waals surface area contributed by atoms with Gasteiger partial charge in [-0.25, -0.2) is 8.42 Å². The summed E-state index contributed by atoms with van der Waals surface area (Å²) in [7, 11) is -3.61. The van der Waals surface area contributed by atoms with E-state index in [4.69, 9.17) is 4.74 Å². The zero-order valence-electron chi connectivity index (χ0n) is 14.9. The summed E-state index contributed by atoms with van der Waals surface area (Å²) in [5.41, 5.74) is 2.88. The van der Waals surface area contributed by atoms with Gasteiger partial charge >= 0.3 is 0 Å². The Morgan fingerprint density at radius 1 is 1.04 bits per heavy atom. The summed E-state index contributed by atoms with van der Waals surface area (Å²) in [6.07, 6.45) is 0. The van der Waals surface area contributed by atoms with Crippen molar-refractivity contribution in [3.8, 4) is 0 Å². The summed E-state index contributed by atoms with van der Waals surface area (Å²) in [4.78, 5) is 12.6. The van der Waals surface area contributed by atoms with Gasteiger partial charge in [-0.2, -0.15) is 4.31 Å². The van der Waals surface area contributed by atoms with Gasteiger partial charge in [-0.1, -0.05) is 23.8 Å². The Balaban J connectivity index is 1.85. The fourth-order valence-corrected chi connectivity index (χ4v) is 4.17. The molecule has 2 aromatic rings. The van der Waals surface area contributed by atoms with Crippen molar-refractivity contribution in [3.05, 3.63) is 59.2 Å². The van der Waals surface area contributed by atoms with Crippen molar-refractivity contribution in [2.45, 2.75) is 18.7 Å². The average molecular weight is 374 g/mol. The molecule has 1 heterocycles. The van der Waals surface area contributed by atoms with Gasteiger partial charge in [-0.15, -0.1) is 0 Å². The minimum atomic E-state index is -3.61. The lowest BCUT2D eigenvalue weighted by atomic mass is 10.1. The maximum Gasteiger partial charge on any atom is 0.255 e. The molecule has 138 valence electrons. The number of morpholine rings is 1. The first-order valence-electron chi connectivity index (χ1n) is 8.44. The molecule has 0 aromatic heterocycles. The number of ether oxygens (including phenoxy) is 1. The number of amides is 1. The average Bonchev–Trinajstić information content (AvgIpc) is 2.64. The van der Waals surface area contributed by atoms with Gasteiger partial charge in [0.15, 0.2) is 0 Å². The van der Waals surface area contributed by atoms with Crippen LogP contribution in [0.3, 0.4) is 0 Å². The third-order valence-corrected chi connectivity index (χ3v) is 6.27. The van der Waals surface area contributed by atoms with E-state index in [2.05, 4.69) is 5.32 Å². The number of carbonyl (C=O) groups excluding carboxylic acids is 1. The van der Waals surface area contributed by atoms with Crippen LogP contribution in [0.25, 0.3) is 0 Å². The lowest BCUT2D eigenvalue weighted by Crippen LogP contribution is -2.40. The number of carbonyl (C=O) groups is 1. The summed E-state index contributed by atoms with van der Waals surface area (Å²) in [5.74, 6) is -0.269. The summed E-state index contributed by atoms with van der Waals surface area (Å²) < 4.78 is 32.2. The van der Waals surface area contributed by atoms with Gasteiger partial charge in [0.1, 0.15) is 0 Å². The van der Waals surface area contributed by atoms with Gasteiger partial charge in [0.05, 0.1) is 18.1 Å². The van der Waals surface area contributed by atoms with Gasteiger partial charge < -0.3 is 10.1 Å². The van der Waals surface area contributed by atoms with Crippen LogP contribution in [0.1, 0.15) is 21.5 Å². The van der Waals surface area contributed by atoms with Crippen LogP contribution < -0.4 is 5.32 Å². The minimum Gasteiger partial charge on any atom is -0.379 e. The summed E-state index contributed by atoms with van der Waals surface area (Å²) in [6, 6.07) is 12.0. The first-order chi connectivity index (χ1) is 12.4. The number of nitrogens with zero attached hydrogens (tertiary/aromatic N) is 1. The zero-order valence-corrected chi connectivity index (χ0v) is 15.7. The van der Waals surface area contributed by atoms with Crippen LogP contribution in [0.2, 0.25) is 0 Å². The lowest BCUT2D eigenvalue weighted by Gasteiger charge is -2.26. The second-order valence-electron chi connectivity index (χ2n) is 6.31. The highest BCUT2D eigenvalue weighted by Crippen LogP contribution is 2.24. The van der Waals surface area contributed by atoms with Crippen molar-refractivity contribution in [3.63, 3.8) is 0 Å². The molecule has 1 N–H and O–H groups in total. The topological polar surface area (TPSA) is 75.7 Å². The predicted molar refractivity (Wildman–Crippen MR) is 99.9 cm³/mol. The first kappa shape index (κ1) is 18.6. The van der Waals surface area contributed by atoms with Crippen molar-refractivity contribution < 1.29 is 17.9 Å². The number of rotatable bonds is 4. The van der Waals surface area contributed by atoms with Crippen LogP contribution >= 0.6 is 0 Å². The summed E-state index contributed by atoms with van der Waals surface area (Å²) in [6.45, 7) is 5.23. The predicted octanol–water partition coefficient (Wildman–Crippen LogP) is 2.58. The molecular formula is C19H22N2O4S. The van der Waals surface area contributed by atoms with Crippen LogP contribution in [0.5, 0.6) is 0 Å². The molecular weight excluding hydrogens is 352 g/mol. The molecule has 0 unspecified atom stereocenters. The van der Waals surface area contributed by atoms with Crippen LogP contribution in [-0.4, -0.2) is 44.9 Å². The molecule has 1 amide bonds. The number of sulfonamides is 1. The van der Waals surface area contributed by atoms with E-state index < -0.39 is 10.0 Å². The van der Waals surface area contributed by atoms with E-state index in [1.165, 1.54) is 10.4 Å². The fraction of sp³-hybridized carbons (Fsp3) is 0.316. The Bertz CT molecular complexity index is 902. The van der Waals surface area contributed by atoms with Crippen molar-refractivity contribution in [2.75, 3.05) is 31.6 Å². The van der Waals surface area contributed by atoms with E-state index in [9.17, 15) is 13.2 Å². The Morgan fingerprint density at radius 2 is 1.69 bits per heavy atom. The first-order valence-corrected chi connectivity index (χ1v) is 9.88. The van der Waals surface area contributed by atoms with E-state index in [0.29, 0.717) is 37.6 Å². The molecule has 0 saturated carbocycles.